The number of rotatable bonds is 6. The molecule has 0 aliphatic rings. The maximum atomic E-state index is 10.9. The summed E-state index contributed by atoms with van der Waals surface area (Å²) in [5.74, 6) is -0.933. The van der Waals surface area contributed by atoms with Crippen LogP contribution in [0.15, 0.2) is 0 Å². The number of unbranched alkanes of at least 4 members (excludes halogenated alkanes) is 2. The molecule has 1 N–H and O–H groups in total. The van der Waals surface area contributed by atoms with Crippen molar-refractivity contribution in [3.05, 3.63) is 0 Å². The Morgan fingerprint density at radius 3 is 2.43 bits per heavy atom. The van der Waals surface area contributed by atoms with E-state index in [1.807, 2.05) is 0 Å². The van der Waals surface area contributed by atoms with Crippen LogP contribution < -0.4 is 34.9 Å². The zero-order chi connectivity index (χ0) is 10.1. The van der Waals surface area contributed by atoms with E-state index in [1.54, 1.807) is 7.05 Å². The Morgan fingerprint density at radius 1 is 1.29 bits per heavy atom. The summed E-state index contributed by atoms with van der Waals surface area (Å²) in [6, 6.07) is 0. The van der Waals surface area contributed by atoms with Crippen molar-refractivity contribution in [1.82, 2.24) is 5.32 Å². The third kappa shape index (κ3) is 10.2. The molecule has 14 heavy (non-hydrogen) atoms. The van der Waals surface area contributed by atoms with Crippen molar-refractivity contribution in [3.8, 4) is 0 Å². The van der Waals surface area contributed by atoms with Gasteiger partial charge in [-0.3, -0.25) is 9.59 Å². The summed E-state index contributed by atoms with van der Waals surface area (Å²) in [4.78, 5) is 21.7. The Morgan fingerprint density at radius 2 is 1.93 bits per heavy atom. The number of likely N-dealkylation sites (N-methyl/N-ethyl adjacent to an activating group) is 1. The summed E-state index contributed by atoms with van der Waals surface area (Å²) in [7, 11) is 1.63. The molecular weight excluding hydrogens is 193 g/mol. The minimum absolute atomic E-state index is 0. The van der Waals surface area contributed by atoms with E-state index < -0.39 is 11.9 Å². The van der Waals surface area contributed by atoms with Crippen molar-refractivity contribution in [3.63, 3.8) is 0 Å². The molecule has 0 aliphatic heterocycles. The van der Waals surface area contributed by atoms with Crippen LogP contribution in [-0.4, -0.2) is 25.5 Å². The van der Waals surface area contributed by atoms with Crippen molar-refractivity contribution < 1.29 is 45.3 Å². The molecule has 5 heteroatoms. The third-order valence-corrected chi connectivity index (χ3v) is 1.53. The molecule has 0 spiro atoms. The van der Waals surface area contributed by atoms with Gasteiger partial charge in [0.05, 0.1) is 6.54 Å². The van der Waals surface area contributed by atoms with E-state index in [0.717, 1.165) is 19.3 Å². The number of hydrogen-bond acceptors (Lipinski definition) is 4. The Hall–Kier alpha value is 0.1000. The van der Waals surface area contributed by atoms with Gasteiger partial charge in [0.2, 0.25) is 0 Å². The van der Waals surface area contributed by atoms with Gasteiger partial charge >= 0.3 is 41.5 Å². The quantitative estimate of drug-likeness (QED) is 0.238. The normalized spacial score (nSPS) is 9.00. The molecule has 0 saturated heterocycles. The van der Waals surface area contributed by atoms with Gasteiger partial charge in [0, 0.05) is 6.42 Å². The molecule has 0 aromatic heterocycles. The molecule has 0 unspecified atom stereocenters. The molecule has 0 aromatic carbocycles. The van der Waals surface area contributed by atoms with Crippen molar-refractivity contribution in [2.75, 3.05) is 13.6 Å². The molecule has 0 rings (SSSR count). The fraction of sp³-hybridized carbons (Fsp3) is 0.778. The predicted molar refractivity (Wildman–Crippen MR) is 50.3 cm³/mol. The first-order valence-corrected chi connectivity index (χ1v) is 4.58. The van der Waals surface area contributed by atoms with E-state index in [0.29, 0.717) is 6.42 Å². The molecule has 0 radical (unpaired) electrons. The van der Waals surface area contributed by atoms with Gasteiger partial charge in [0.15, 0.2) is 0 Å². The summed E-state index contributed by atoms with van der Waals surface area (Å²) >= 11 is 0. The SMILES string of the molecule is CCCCCC(=O)OC(=O)CNC.[H-].[Na+]. The molecule has 0 aliphatic carbocycles. The molecule has 4 nitrogen and oxygen atoms in total. The first kappa shape index (κ1) is 16.5. The van der Waals surface area contributed by atoms with Gasteiger partial charge in [-0.2, -0.15) is 0 Å². The van der Waals surface area contributed by atoms with E-state index in [2.05, 4.69) is 17.0 Å². The van der Waals surface area contributed by atoms with Gasteiger partial charge in [-0.25, -0.2) is 0 Å². The number of carbonyl (C=O) groups is 2. The van der Waals surface area contributed by atoms with Crippen molar-refractivity contribution in [2.24, 2.45) is 0 Å². The molecule has 0 atom stereocenters. The monoisotopic (exact) mass is 211 g/mol. The molecular formula is C9H18NNaO3. The molecule has 0 aromatic rings. The summed E-state index contributed by atoms with van der Waals surface area (Å²) in [5, 5.41) is 2.61. The molecule has 0 saturated carbocycles. The molecule has 0 fully saturated rings. The second-order valence-corrected chi connectivity index (χ2v) is 2.83. The average Bonchev–Trinajstić information content (AvgIpc) is 2.05. The Bertz CT molecular complexity index is 179. The van der Waals surface area contributed by atoms with E-state index in [1.165, 1.54) is 0 Å². The van der Waals surface area contributed by atoms with Gasteiger partial charge < -0.3 is 11.5 Å². The van der Waals surface area contributed by atoms with Gasteiger partial charge in [0.25, 0.3) is 0 Å². The maximum Gasteiger partial charge on any atom is 1.00 e. The van der Waals surface area contributed by atoms with Crippen molar-refractivity contribution in [1.29, 1.82) is 0 Å². The smallest absolute Gasteiger partial charge is 1.00 e. The minimum Gasteiger partial charge on any atom is -1.00 e. The van der Waals surface area contributed by atoms with E-state index in [-0.39, 0.29) is 37.5 Å². The fourth-order valence-corrected chi connectivity index (χ4v) is 0.878. The van der Waals surface area contributed by atoms with Gasteiger partial charge in [-0.15, -0.1) is 0 Å². The van der Waals surface area contributed by atoms with Crippen LogP contribution in [0, 0.1) is 0 Å². The van der Waals surface area contributed by atoms with Crippen LogP contribution in [0.4, 0.5) is 0 Å². The van der Waals surface area contributed by atoms with Gasteiger partial charge in [0.1, 0.15) is 0 Å². The number of esters is 2. The second kappa shape index (κ2) is 11.2. The largest absolute Gasteiger partial charge is 1.00 e. The van der Waals surface area contributed by atoms with E-state index >= 15 is 0 Å². The van der Waals surface area contributed by atoms with Crippen LogP contribution in [0.2, 0.25) is 0 Å². The van der Waals surface area contributed by atoms with Crippen LogP contribution >= 0.6 is 0 Å². The third-order valence-electron chi connectivity index (χ3n) is 1.53. The number of nitrogens with one attached hydrogen (secondary N) is 1. The number of hydrogen-bond donors (Lipinski definition) is 1. The molecule has 0 bridgehead atoms. The van der Waals surface area contributed by atoms with Crippen LogP contribution in [0.5, 0.6) is 0 Å². The topological polar surface area (TPSA) is 55.4 Å². The molecule has 0 heterocycles. The summed E-state index contributed by atoms with van der Waals surface area (Å²) in [6.45, 7) is 2.14. The molecule has 0 amide bonds. The number of ether oxygens (including phenoxy) is 1. The average molecular weight is 211 g/mol. The number of carbonyl (C=O) groups excluding carboxylic acids is 2. The molecule has 78 valence electrons. The summed E-state index contributed by atoms with van der Waals surface area (Å²) in [6.07, 6.45) is 3.18. The first-order chi connectivity index (χ1) is 6.20. The van der Waals surface area contributed by atoms with Crippen LogP contribution in [0.3, 0.4) is 0 Å². The Kier molecular flexibility index (Phi) is 13.2. The van der Waals surface area contributed by atoms with E-state index in [4.69, 9.17) is 0 Å². The maximum absolute atomic E-state index is 10.9. The second-order valence-electron chi connectivity index (χ2n) is 2.83. The van der Waals surface area contributed by atoms with Gasteiger partial charge in [-0.1, -0.05) is 19.8 Å². The van der Waals surface area contributed by atoms with E-state index in [9.17, 15) is 9.59 Å². The summed E-state index contributed by atoms with van der Waals surface area (Å²) < 4.78 is 4.50. The van der Waals surface area contributed by atoms with Gasteiger partial charge in [-0.05, 0) is 13.5 Å². The van der Waals surface area contributed by atoms with Crippen LogP contribution in [0.25, 0.3) is 0 Å². The van der Waals surface area contributed by atoms with Crippen LogP contribution in [0.1, 0.15) is 34.0 Å². The fourth-order valence-electron chi connectivity index (χ4n) is 0.878. The Labute approximate surface area is 109 Å². The van der Waals surface area contributed by atoms with Crippen molar-refractivity contribution >= 4 is 11.9 Å². The van der Waals surface area contributed by atoms with Crippen LogP contribution in [-0.2, 0) is 14.3 Å². The zero-order valence-electron chi connectivity index (χ0n) is 10.3. The predicted octanol–water partition coefficient (Wildman–Crippen LogP) is -2.03. The standard InChI is InChI=1S/C9H17NO3.Na.H/c1-3-4-5-6-8(11)13-9(12)7-10-2;;/h10H,3-7H2,1-2H3;;/q;+1;-1. The zero-order valence-corrected chi connectivity index (χ0v) is 11.3. The minimum atomic E-state index is -0.510. The summed E-state index contributed by atoms with van der Waals surface area (Å²) in [5.41, 5.74) is 0. The Balaban J connectivity index is -0.000000720. The first-order valence-electron chi connectivity index (χ1n) is 4.58. The van der Waals surface area contributed by atoms with Crippen molar-refractivity contribution in [2.45, 2.75) is 32.6 Å².